The zero-order chi connectivity index (χ0) is 13.7. The number of rotatable bonds is 5. The Hall–Kier alpha value is -0.880. The molecule has 0 aliphatic heterocycles. The van der Waals surface area contributed by atoms with Gasteiger partial charge in [-0.2, -0.15) is 8.78 Å². The Balaban J connectivity index is 3.06. The van der Waals surface area contributed by atoms with Gasteiger partial charge in [-0.05, 0) is 23.3 Å². The van der Waals surface area contributed by atoms with Crippen LogP contribution in [-0.2, 0) is 21.3 Å². The van der Waals surface area contributed by atoms with E-state index in [1.807, 2.05) is 0 Å². The Labute approximate surface area is 116 Å². The van der Waals surface area contributed by atoms with Crippen LogP contribution in [0, 0.1) is 0 Å². The maximum atomic E-state index is 12.1. The van der Waals surface area contributed by atoms with Gasteiger partial charge in [0.2, 0.25) is 0 Å². The number of halogens is 4. The fourth-order valence-corrected chi connectivity index (χ4v) is 2.09. The lowest BCUT2D eigenvalue weighted by Gasteiger charge is -2.12. The van der Waals surface area contributed by atoms with E-state index in [9.17, 15) is 13.6 Å². The Morgan fingerprint density at radius 1 is 1.44 bits per heavy atom. The van der Waals surface area contributed by atoms with Gasteiger partial charge in [0.15, 0.2) is 0 Å². The fourth-order valence-electron chi connectivity index (χ4n) is 1.34. The summed E-state index contributed by atoms with van der Waals surface area (Å²) in [5.74, 6) is -0.550. The maximum absolute atomic E-state index is 12.1. The zero-order valence-electron chi connectivity index (χ0n) is 9.38. The van der Waals surface area contributed by atoms with E-state index in [-0.39, 0.29) is 17.2 Å². The molecule has 18 heavy (non-hydrogen) atoms. The lowest BCUT2D eigenvalue weighted by molar-refractivity contribution is -0.139. The first-order valence-corrected chi connectivity index (χ1v) is 6.36. The smallest absolute Gasteiger partial charge is 0.387 e. The molecular formula is C11H10BrClF2O3. The lowest BCUT2D eigenvalue weighted by atomic mass is 10.1. The van der Waals surface area contributed by atoms with E-state index < -0.39 is 12.6 Å². The van der Waals surface area contributed by atoms with Gasteiger partial charge in [0.25, 0.3) is 0 Å². The van der Waals surface area contributed by atoms with E-state index in [1.165, 1.54) is 19.2 Å². The molecule has 0 radical (unpaired) electrons. The summed E-state index contributed by atoms with van der Waals surface area (Å²) in [6.07, 6.45) is 0.0200. The maximum Gasteiger partial charge on any atom is 0.387 e. The summed E-state index contributed by atoms with van der Waals surface area (Å²) in [5, 5.41) is 0.412. The molecule has 0 amide bonds. The van der Waals surface area contributed by atoms with Crippen LogP contribution >= 0.6 is 27.5 Å². The van der Waals surface area contributed by atoms with Crippen molar-refractivity contribution in [3.8, 4) is 5.75 Å². The van der Waals surface area contributed by atoms with Gasteiger partial charge < -0.3 is 9.47 Å². The predicted octanol–water partition coefficient (Wildman–Crippen LogP) is 3.55. The van der Waals surface area contributed by atoms with E-state index in [0.717, 1.165) is 0 Å². The zero-order valence-corrected chi connectivity index (χ0v) is 11.7. The quantitative estimate of drug-likeness (QED) is 0.606. The molecule has 1 rings (SSSR count). The first-order chi connectivity index (χ1) is 8.47. The Morgan fingerprint density at radius 2 is 2.11 bits per heavy atom. The van der Waals surface area contributed by atoms with Crippen LogP contribution in [-0.4, -0.2) is 19.7 Å². The van der Waals surface area contributed by atoms with Gasteiger partial charge in [0, 0.05) is 5.33 Å². The summed E-state index contributed by atoms with van der Waals surface area (Å²) < 4.78 is 33.1. The average Bonchev–Trinajstić information content (AvgIpc) is 2.31. The van der Waals surface area contributed by atoms with Crippen LogP contribution in [0.2, 0.25) is 5.02 Å². The highest BCUT2D eigenvalue weighted by molar-refractivity contribution is 9.08. The fraction of sp³-hybridized carbons (Fsp3) is 0.364. The number of methoxy groups -OCH3 is 1. The third-order valence-electron chi connectivity index (χ3n) is 2.18. The summed E-state index contributed by atoms with van der Waals surface area (Å²) in [6, 6.07) is 2.80. The first kappa shape index (κ1) is 15.2. The van der Waals surface area contributed by atoms with Crippen LogP contribution < -0.4 is 4.74 Å². The van der Waals surface area contributed by atoms with Crippen LogP contribution in [0.3, 0.4) is 0 Å². The van der Waals surface area contributed by atoms with Crippen molar-refractivity contribution >= 4 is 33.5 Å². The molecule has 0 heterocycles. The molecule has 0 atom stereocenters. The highest BCUT2D eigenvalue weighted by Gasteiger charge is 2.15. The standard InChI is InChI=1S/C11H10BrClF2O3/c1-17-10(16)4-6-2-8(13)9(18-11(14)15)3-7(6)5-12/h2-3,11H,4-5H2,1H3. The van der Waals surface area contributed by atoms with Crippen molar-refractivity contribution in [2.24, 2.45) is 0 Å². The summed E-state index contributed by atoms with van der Waals surface area (Å²) in [4.78, 5) is 11.2. The van der Waals surface area contributed by atoms with Gasteiger partial charge in [0.05, 0.1) is 18.6 Å². The minimum atomic E-state index is -2.95. The topological polar surface area (TPSA) is 35.5 Å². The largest absolute Gasteiger partial charge is 0.469 e. The molecule has 0 aliphatic carbocycles. The van der Waals surface area contributed by atoms with Crippen LogP contribution in [0.15, 0.2) is 12.1 Å². The van der Waals surface area contributed by atoms with Crippen molar-refractivity contribution in [1.82, 2.24) is 0 Å². The van der Waals surface area contributed by atoms with Crippen molar-refractivity contribution in [2.45, 2.75) is 18.4 Å². The molecule has 1 aromatic carbocycles. The number of esters is 1. The molecule has 0 fully saturated rings. The summed E-state index contributed by atoms with van der Waals surface area (Å²) in [5.41, 5.74) is 1.24. The van der Waals surface area contributed by atoms with E-state index >= 15 is 0 Å². The molecule has 100 valence electrons. The van der Waals surface area contributed by atoms with Gasteiger partial charge in [0.1, 0.15) is 5.75 Å². The Morgan fingerprint density at radius 3 is 2.61 bits per heavy atom. The van der Waals surface area contributed by atoms with Crippen LogP contribution in [0.4, 0.5) is 8.78 Å². The predicted molar refractivity (Wildman–Crippen MR) is 66.4 cm³/mol. The molecule has 0 aliphatic rings. The molecule has 3 nitrogen and oxygen atoms in total. The van der Waals surface area contributed by atoms with Crippen molar-refractivity contribution in [3.05, 3.63) is 28.3 Å². The van der Waals surface area contributed by atoms with E-state index in [2.05, 4.69) is 25.4 Å². The highest BCUT2D eigenvalue weighted by Crippen LogP contribution is 2.31. The van der Waals surface area contributed by atoms with Gasteiger partial charge in [-0.3, -0.25) is 4.79 Å². The van der Waals surface area contributed by atoms with Crippen molar-refractivity contribution < 1.29 is 23.0 Å². The second-order valence-electron chi connectivity index (χ2n) is 3.32. The van der Waals surface area contributed by atoms with E-state index in [0.29, 0.717) is 16.5 Å². The minimum absolute atomic E-state index is 0.0200. The van der Waals surface area contributed by atoms with Crippen LogP contribution in [0.25, 0.3) is 0 Å². The van der Waals surface area contributed by atoms with Gasteiger partial charge >= 0.3 is 12.6 Å². The molecule has 0 bridgehead atoms. The molecule has 0 saturated carbocycles. The minimum Gasteiger partial charge on any atom is -0.469 e. The normalized spacial score (nSPS) is 10.6. The molecule has 0 saturated heterocycles. The third-order valence-corrected chi connectivity index (χ3v) is 3.08. The van der Waals surface area contributed by atoms with Crippen LogP contribution in [0.5, 0.6) is 5.75 Å². The highest BCUT2D eigenvalue weighted by atomic mass is 79.9. The molecule has 7 heteroatoms. The van der Waals surface area contributed by atoms with E-state index in [1.54, 1.807) is 0 Å². The molecular weight excluding hydrogens is 333 g/mol. The van der Waals surface area contributed by atoms with Gasteiger partial charge in [-0.25, -0.2) is 0 Å². The van der Waals surface area contributed by atoms with Crippen molar-refractivity contribution in [2.75, 3.05) is 7.11 Å². The summed E-state index contributed by atoms with van der Waals surface area (Å²) in [6.45, 7) is -2.95. The number of alkyl halides is 3. The monoisotopic (exact) mass is 342 g/mol. The number of carbonyl (C=O) groups excluding carboxylic acids is 1. The Kier molecular flexibility index (Phi) is 5.81. The summed E-state index contributed by atoms with van der Waals surface area (Å²) in [7, 11) is 1.27. The molecule has 0 unspecified atom stereocenters. The summed E-state index contributed by atoms with van der Waals surface area (Å²) >= 11 is 9.01. The number of carbonyl (C=O) groups is 1. The first-order valence-electron chi connectivity index (χ1n) is 4.86. The lowest BCUT2D eigenvalue weighted by Crippen LogP contribution is -2.08. The average molecular weight is 344 g/mol. The molecule has 0 aromatic heterocycles. The Bertz CT molecular complexity index is 441. The SMILES string of the molecule is COC(=O)Cc1cc(Cl)c(OC(F)F)cc1CBr. The number of hydrogen-bond acceptors (Lipinski definition) is 3. The molecule has 0 N–H and O–H groups in total. The third kappa shape index (κ3) is 4.10. The van der Waals surface area contributed by atoms with Crippen molar-refractivity contribution in [1.29, 1.82) is 0 Å². The number of hydrogen-bond donors (Lipinski definition) is 0. The van der Waals surface area contributed by atoms with Crippen LogP contribution in [0.1, 0.15) is 11.1 Å². The number of ether oxygens (including phenoxy) is 2. The van der Waals surface area contributed by atoms with Gasteiger partial charge in [-0.15, -0.1) is 0 Å². The van der Waals surface area contributed by atoms with Crippen molar-refractivity contribution in [3.63, 3.8) is 0 Å². The molecule has 1 aromatic rings. The van der Waals surface area contributed by atoms with Gasteiger partial charge in [-0.1, -0.05) is 27.5 Å². The number of benzene rings is 1. The second-order valence-corrected chi connectivity index (χ2v) is 4.28. The molecule has 0 spiro atoms. The second kappa shape index (κ2) is 6.89. The van der Waals surface area contributed by atoms with E-state index in [4.69, 9.17) is 11.6 Å².